The lowest BCUT2D eigenvalue weighted by Crippen LogP contribution is -2.67. The van der Waals surface area contributed by atoms with E-state index in [2.05, 4.69) is 118 Å². The Hall–Kier alpha value is -2.56. The normalized spacial score (nSPS) is 12.5. The van der Waals surface area contributed by atoms with E-state index >= 15 is 0 Å². The van der Waals surface area contributed by atoms with Crippen molar-refractivity contribution in [3.05, 3.63) is 72.8 Å². The molecule has 0 aliphatic heterocycles. The summed E-state index contributed by atoms with van der Waals surface area (Å²) in [7, 11) is -2.61. The average molecular weight is 459 g/mol. The third-order valence-electron chi connectivity index (χ3n) is 5.71. The lowest BCUT2D eigenvalue weighted by molar-refractivity contribution is 0.218. The fraction of sp³-hybridized carbons (Fsp3) is 0.400. The van der Waals surface area contributed by atoms with E-state index in [4.69, 9.17) is 9.53 Å². The predicted molar refractivity (Wildman–Crippen MR) is 143 cm³/mol. The number of benzene rings is 2. The van der Waals surface area contributed by atoms with E-state index in [-0.39, 0.29) is 17.7 Å². The number of aliphatic hydroxyl groups excluding tert-OH is 1. The topological polar surface area (TPSA) is 29.5 Å². The zero-order valence-electron chi connectivity index (χ0n) is 20.6. The van der Waals surface area contributed by atoms with Crippen molar-refractivity contribution in [2.45, 2.75) is 70.9 Å². The van der Waals surface area contributed by atoms with E-state index in [0.717, 1.165) is 12.8 Å². The number of unbranched alkanes of at least 4 members (excludes halogenated alkanes) is 2. The Morgan fingerprint density at radius 2 is 1.52 bits per heavy atom. The van der Waals surface area contributed by atoms with Crippen LogP contribution in [0.25, 0.3) is 0 Å². The van der Waals surface area contributed by atoms with E-state index in [1.54, 1.807) is 0 Å². The Labute approximate surface area is 202 Å². The van der Waals surface area contributed by atoms with Crippen molar-refractivity contribution in [3.63, 3.8) is 0 Å². The van der Waals surface area contributed by atoms with E-state index in [1.807, 2.05) is 6.08 Å². The van der Waals surface area contributed by atoms with Crippen LogP contribution in [0.5, 0.6) is 0 Å². The summed E-state index contributed by atoms with van der Waals surface area (Å²) in [5.41, 5.74) is 0. The van der Waals surface area contributed by atoms with E-state index < -0.39 is 8.32 Å². The maximum absolute atomic E-state index is 8.76. The van der Waals surface area contributed by atoms with Crippen molar-refractivity contribution in [2.75, 3.05) is 6.61 Å². The molecule has 1 N–H and O–H groups in total. The van der Waals surface area contributed by atoms with Gasteiger partial charge in [0, 0.05) is 0 Å². The van der Waals surface area contributed by atoms with Gasteiger partial charge in [0.25, 0.3) is 8.32 Å². The Morgan fingerprint density at radius 3 is 2.03 bits per heavy atom. The number of aliphatic hydroxyl groups is 1. The van der Waals surface area contributed by atoms with Crippen molar-refractivity contribution in [1.29, 1.82) is 0 Å². The Morgan fingerprint density at radius 1 is 0.909 bits per heavy atom. The monoisotopic (exact) mass is 458 g/mol. The summed E-state index contributed by atoms with van der Waals surface area (Å²) < 4.78 is 7.29. The van der Waals surface area contributed by atoms with Crippen molar-refractivity contribution in [3.8, 4) is 23.7 Å². The molecule has 0 spiro atoms. The molecule has 0 radical (unpaired) electrons. The third-order valence-corrected chi connectivity index (χ3v) is 10.8. The fourth-order valence-corrected chi connectivity index (χ4v) is 8.80. The van der Waals surface area contributed by atoms with Crippen LogP contribution < -0.4 is 10.4 Å². The highest BCUT2D eigenvalue weighted by molar-refractivity contribution is 6.99. The summed E-state index contributed by atoms with van der Waals surface area (Å²) in [5.74, 6) is 11.6. The van der Waals surface area contributed by atoms with E-state index in [1.165, 1.54) is 23.2 Å². The van der Waals surface area contributed by atoms with Crippen LogP contribution in [0, 0.1) is 23.7 Å². The lowest BCUT2D eigenvalue weighted by Gasteiger charge is -2.44. The van der Waals surface area contributed by atoms with Crippen LogP contribution in [0.15, 0.2) is 72.8 Å². The highest BCUT2D eigenvalue weighted by Gasteiger charge is 2.51. The summed E-state index contributed by atoms with van der Waals surface area (Å²) in [4.78, 5) is 0. The number of rotatable bonds is 9. The molecule has 0 aliphatic rings. The van der Waals surface area contributed by atoms with Crippen LogP contribution >= 0.6 is 0 Å². The summed E-state index contributed by atoms with van der Waals surface area (Å²) in [5, 5.41) is 11.3. The highest BCUT2D eigenvalue weighted by atomic mass is 28.4. The first-order valence-electron chi connectivity index (χ1n) is 12.0. The quantitative estimate of drug-likeness (QED) is 0.307. The highest BCUT2D eigenvalue weighted by Crippen LogP contribution is 2.38. The van der Waals surface area contributed by atoms with E-state index in [9.17, 15) is 0 Å². The molecule has 0 saturated heterocycles. The van der Waals surface area contributed by atoms with Gasteiger partial charge in [-0.1, -0.05) is 131 Å². The van der Waals surface area contributed by atoms with Crippen molar-refractivity contribution in [2.24, 2.45) is 0 Å². The first kappa shape index (κ1) is 26.7. The minimum atomic E-state index is -2.61. The molecule has 0 heterocycles. The van der Waals surface area contributed by atoms with E-state index in [0.29, 0.717) is 6.42 Å². The Bertz CT molecular complexity index is 927. The molecular formula is C30H38O2Si. The number of hydrogen-bond acceptors (Lipinski definition) is 2. The molecule has 0 bridgehead atoms. The van der Waals surface area contributed by atoms with Crippen LogP contribution in [0.1, 0.15) is 59.8 Å². The van der Waals surface area contributed by atoms with Crippen LogP contribution in [0.4, 0.5) is 0 Å². The van der Waals surface area contributed by atoms with Gasteiger partial charge in [-0.3, -0.25) is 0 Å². The SMILES string of the molecule is CCCCCC(/C=C/C#CCC#CCO)O[Si](c1ccccc1)(c1ccccc1)C(C)(C)C. The maximum Gasteiger partial charge on any atom is 0.261 e. The number of allylic oxidation sites excluding steroid dienone is 1. The largest absolute Gasteiger partial charge is 0.401 e. The maximum atomic E-state index is 8.76. The molecule has 2 rings (SSSR count). The van der Waals surface area contributed by atoms with Gasteiger partial charge in [0.2, 0.25) is 0 Å². The zero-order valence-corrected chi connectivity index (χ0v) is 21.6. The summed E-state index contributed by atoms with van der Waals surface area (Å²) in [6.45, 7) is 9.04. The van der Waals surface area contributed by atoms with Gasteiger partial charge in [-0.15, -0.1) is 0 Å². The minimum Gasteiger partial charge on any atom is -0.401 e. The van der Waals surface area contributed by atoms with Crippen LogP contribution in [-0.4, -0.2) is 26.1 Å². The first-order chi connectivity index (χ1) is 16.0. The standard InChI is InChI=1S/C30H38O2Si/c1-5-6-13-20-27(21-14-9-7-8-10-19-26-31)32-33(30(2,3)4,28-22-15-11-16-23-28)29-24-17-12-18-25-29/h11-12,14-18,21-25,27,31H,5-6,8,13,20,26H2,1-4H3/b21-14+. The molecule has 0 aromatic heterocycles. The summed E-state index contributed by atoms with van der Waals surface area (Å²) >= 11 is 0. The first-order valence-corrected chi connectivity index (χ1v) is 13.9. The molecule has 1 unspecified atom stereocenters. The van der Waals surface area contributed by atoms with Gasteiger partial charge in [0.1, 0.15) is 6.61 Å². The van der Waals surface area contributed by atoms with Gasteiger partial charge in [0.15, 0.2) is 0 Å². The van der Waals surface area contributed by atoms with Gasteiger partial charge in [0.05, 0.1) is 12.5 Å². The Balaban J connectivity index is 2.48. The zero-order chi connectivity index (χ0) is 24.0. The third kappa shape index (κ3) is 7.76. The molecule has 174 valence electrons. The molecule has 0 aliphatic carbocycles. The molecule has 0 fully saturated rings. The molecule has 0 amide bonds. The van der Waals surface area contributed by atoms with Gasteiger partial charge >= 0.3 is 0 Å². The van der Waals surface area contributed by atoms with Crippen molar-refractivity contribution < 1.29 is 9.53 Å². The Kier molecular flexibility index (Phi) is 11.2. The lowest BCUT2D eigenvalue weighted by atomic mass is 10.1. The van der Waals surface area contributed by atoms with Crippen LogP contribution in [0.2, 0.25) is 5.04 Å². The molecule has 2 aromatic rings. The molecule has 1 atom stereocenters. The molecule has 3 heteroatoms. The second-order valence-corrected chi connectivity index (χ2v) is 13.4. The second-order valence-electron chi connectivity index (χ2n) is 9.18. The summed E-state index contributed by atoms with van der Waals surface area (Å²) in [6.07, 6.45) is 8.95. The molecule has 33 heavy (non-hydrogen) atoms. The average Bonchev–Trinajstić information content (AvgIpc) is 2.82. The van der Waals surface area contributed by atoms with Gasteiger partial charge in [-0.05, 0) is 34.0 Å². The molecule has 0 saturated carbocycles. The van der Waals surface area contributed by atoms with Gasteiger partial charge in [-0.25, -0.2) is 0 Å². The minimum absolute atomic E-state index is 0.0133. The predicted octanol–water partition coefficient (Wildman–Crippen LogP) is 5.46. The van der Waals surface area contributed by atoms with Crippen molar-refractivity contribution in [1.82, 2.24) is 0 Å². The fourth-order valence-electron chi connectivity index (χ4n) is 4.14. The van der Waals surface area contributed by atoms with Crippen LogP contribution in [0.3, 0.4) is 0 Å². The van der Waals surface area contributed by atoms with Crippen molar-refractivity contribution >= 4 is 18.7 Å². The smallest absolute Gasteiger partial charge is 0.261 e. The molecule has 2 aromatic carbocycles. The number of hydrogen-bond donors (Lipinski definition) is 1. The van der Waals surface area contributed by atoms with Gasteiger partial charge in [-0.2, -0.15) is 0 Å². The second kappa shape index (κ2) is 13.9. The summed E-state index contributed by atoms with van der Waals surface area (Å²) in [6, 6.07) is 21.6. The van der Waals surface area contributed by atoms with Gasteiger partial charge < -0.3 is 9.53 Å². The van der Waals surface area contributed by atoms with Crippen LogP contribution in [-0.2, 0) is 4.43 Å². The molecular weight excluding hydrogens is 420 g/mol. The molecule has 2 nitrogen and oxygen atoms in total.